The Morgan fingerprint density at radius 2 is 1.68 bits per heavy atom. The fourth-order valence-corrected chi connectivity index (χ4v) is 12.3. The summed E-state index contributed by atoms with van der Waals surface area (Å²) in [5.41, 5.74) is -0.896. The molecule has 5 fully saturated rings. The summed E-state index contributed by atoms with van der Waals surface area (Å²) in [6.45, 7) is 6.91. The number of esters is 2. The molecule has 9 atom stereocenters. The molecule has 7 rings (SSSR count). The van der Waals surface area contributed by atoms with Gasteiger partial charge in [-0.15, -0.1) is 11.8 Å². The third-order valence-electron chi connectivity index (χ3n) is 15.8. The van der Waals surface area contributed by atoms with Crippen LogP contribution in [0.25, 0.3) is 0 Å². The van der Waals surface area contributed by atoms with Gasteiger partial charge in [0.05, 0.1) is 43.5 Å². The summed E-state index contributed by atoms with van der Waals surface area (Å²) in [6, 6.07) is 2.41. The first-order valence-electron chi connectivity index (χ1n) is 25.4. The Morgan fingerprint density at radius 3 is 2.34 bits per heavy atom. The van der Waals surface area contributed by atoms with Crippen LogP contribution < -0.4 is 9.64 Å². The Hall–Kier alpha value is -5.15. The minimum absolute atomic E-state index is 0.00414. The van der Waals surface area contributed by atoms with Crippen LogP contribution in [0.15, 0.2) is 35.9 Å². The van der Waals surface area contributed by atoms with Crippen molar-refractivity contribution in [3.05, 3.63) is 46.5 Å². The number of imide groups is 2. The molecule has 1 aliphatic carbocycles. The van der Waals surface area contributed by atoms with E-state index in [0.717, 1.165) is 16.0 Å². The second-order valence-electron chi connectivity index (χ2n) is 20.9. The number of ketones is 1. The zero-order valence-electron chi connectivity index (χ0n) is 43.4. The highest BCUT2D eigenvalue weighted by molar-refractivity contribution is 8.00. The van der Waals surface area contributed by atoms with Crippen molar-refractivity contribution in [1.29, 1.82) is 0 Å². The standard InChI is InChI=1S/C53H69ClN4O15S/c1-29-10-9-11-40(70-8)53(68)25-38(71-47(65)26-53)30(2)49-52(4,73-49)41(24-45(63)56(6)35-21-33(20-29)22-37(69-7)48(35)54)72-51(67)31(3)55(5)42(60)18-19-74-39-23-46(64)58(50(39)66)27-32-12-14-34(15-13-32)36(59)28-57-43(61)16-17-44(57)62/h9-11,21-22,30-32,34,38-41,49,68H,12-20,23-28H2,1-8H3/b11-9+,29-10+/t30-,31+,32?,34?,38+,39+,40-,41+,49+,52+,53-/m1/s1. The number of amides is 6. The predicted molar refractivity (Wildman–Crippen MR) is 271 cm³/mol. The molecule has 1 saturated carbocycles. The number of fused-ring (bicyclic) bond motifs is 5. The number of likely N-dealkylation sites (tertiary alicyclic amines) is 2. The molecule has 1 aromatic rings. The molecule has 6 amide bonds. The first kappa shape index (κ1) is 56.6. The maximum Gasteiger partial charge on any atom is 0.328 e. The van der Waals surface area contributed by atoms with Crippen molar-refractivity contribution < 1.29 is 71.9 Å². The zero-order valence-corrected chi connectivity index (χ0v) is 45.0. The minimum atomic E-state index is -1.64. The van der Waals surface area contributed by atoms with Crippen LogP contribution in [0, 0.1) is 17.8 Å². The molecule has 5 heterocycles. The van der Waals surface area contributed by atoms with Crippen molar-refractivity contribution in [2.45, 2.75) is 152 Å². The summed E-state index contributed by atoms with van der Waals surface area (Å²) in [7, 11) is 5.92. The maximum absolute atomic E-state index is 14.4. The molecule has 1 N–H and O–H groups in total. The summed E-state index contributed by atoms with van der Waals surface area (Å²) < 4.78 is 29.6. The Kier molecular flexibility index (Phi) is 17.9. The summed E-state index contributed by atoms with van der Waals surface area (Å²) in [6.07, 6.45) is 3.84. The van der Waals surface area contributed by atoms with Gasteiger partial charge in [0, 0.05) is 77.4 Å². The van der Waals surface area contributed by atoms with Gasteiger partial charge in [0.2, 0.25) is 35.4 Å². The number of benzene rings is 1. The van der Waals surface area contributed by atoms with Gasteiger partial charge in [0.25, 0.3) is 0 Å². The van der Waals surface area contributed by atoms with E-state index in [2.05, 4.69) is 0 Å². The van der Waals surface area contributed by atoms with E-state index in [0.29, 0.717) is 43.5 Å². The van der Waals surface area contributed by atoms with Gasteiger partial charge < -0.3 is 38.6 Å². The fraction of sp³-hybridized carbons (Fsp3) is 0.642. The Labute approximate surface area is 440 Å². The average molecular weight is 1070 g/mol. The lowest BCUT2D eigenvalue weighted by atomic mass is 9.78. The van der Waals surface area contributed by atoms with E-state index in [1.54, 1.807) is 45.2 Å². The molecule has 6 aliphatic rings. The number of ether oxygens (including phenoxy) is 5. The average Bonchev–Trinajstić information content (AvgIpc) is 3.87. The molecule has 19 nitrogen and oxygen atoms in total. The number of nitrogens with zero attached hydrogens (tertiary/aromatic N) is 4. The lowest BCUT2D eigenvalue weighted by Gasteiger charge is -2.41. The van der Waals surface area contributed by atoms with E-state index >= 15 is 0 Å². The van der Waals surface area contributed by atoms with E-state index in [1.165, 1.54) is 54.7 Å². The number of likely N-dealkylation sites (N-methyl/N-ethyl adjacent to an activating group) is 1. The van der Waals surface area contributed by atoms with E-state index in [-0.39, 0.29) is 110 Å². The summed E-state index contributed by atoms with van der Waals surface area (Å²) >= 11 is 8.01. The van der Waals surface area contributed by atoms with Crippen molar-refractivity contribution in [3.8, 4) is 5.75 Å². The topological polar surface area (TPSA) is 236 Å². The molecule has 1 aromatic carbocycles. The third kappa shape index (κ3) is 12.4. The van der Waals surface area contributed by atoms with Gasteiger partial charge in [0.15, 0.2) is 5.78 Å². The largest absolute Gasteiger partial charge is 0.495 e. The number of allylic oxidation sites excluding steroid dienone is 3. The number of anilines is 1. The molecule has 74 heavy (non-hydrogen) atoms. The molecule has 4 saturated heterocycles. The number of epoxide rings is 1. The number of hydrogen-bond donors (Lipinski definition) is 1. The molecular formula is C53H69ClN4O15S. The van der Waals surface area contributed by atoms with Crippen LogP contribution in [0.1, 0.15) is 104 Å². The minimum Gasteiger partial charge on any atom is -0.495 e. The SMILES string of the molecule is COc1cc2cc(c1Cl)N(C)C(=O)C[C@H](OC(=O)[C@H](C)N(C)C(=O)CCS[C@H]1CC(=O)N(CC3CCC(C(=O)CN4C(=O)CCC4=O)CC3)C1=O)[C@]1(C)O[C@H]1[C@H](C)[C@@H]1C[C@@](O)(CC(=O)O1)[C@H](OC)/C=C/C=C(\C)C2. The summed E-state index contributed by atoms with van der Waals surface area (Å²) in [5, 5.41) is 11.5. The van der Waals surface area contributed by atoms with E-state index < -0.39 is 76.6 Å². The van der Waals surface area contributed by atoms with Gasteiger partial charge in [0.1, 0.15) is 46.3 Å². The Morgan fingerprint density at radius 1 is 0.986 bits per heavy atom. The van der Waals surface area contributed by atoms with Crippen molar-refractivity contribution in [1.82, 2.24) is 14.7 Å². The second kappa shape index (κ2) is 23.4. The number of carbonyl (C=O) groups is 9. The number of rotatable bonds is 14. The molecular weight excluding hydrogens is 1000 g/mol. The Bertz CT molecular complexity index is 2460. The highest BCUT2D eigenvalue weighted by Crippen LogP contribution is 2.50. The molecule has 404 valence electrons. The second-order valence-corrected chi connectivity index (χ2v) is 22.6. The van der Waals surface area contributed by atoms with Crippen LogP contribution in [0.5, 0.6) is 5.75 Å². The molecule has 0 spiro atoms. The summed E-state index contributed by atoms with van der Waals surface area (Å²) in [5.74, 6) is -4.15. The van der Waals surface area contributed by atoms with Crippen molar-refractivity contribution in [2.75, 3.05) is 52.1 Å². The highest BCUT2D eigenvalue weighted by atomic mass is 35.5. The van der Waals surface area contributed by atoms with Crippen LogP contribution in [0.3, 0.4) is 0 Å². The highest BCUT2D eigenvalue weighted by Gasteiger charge is 2.64. The number of methoxy groups -OCH3 is 2. The van der Waals surface area contributed by atoms with E-state index in [4.69, 9.17) is 35.3 Å². The van der Waals surface area contributed by atoms with Crippen molar-refractivity contribution in [2.24, 2.45) is 17.8 Å². The molecule has 21 heteroatoms. The Balaban J connectivity index is 0.986. The number of carbonyl (C=O) groups excluding carboxylic acids is 9. The van der Waals surface area contributed by atoms with Gasteiger partial charge in [-0.1, -0.05) is 42.3 Å². The smallest absolute Gasteiger partial charge is 0.328 e. The number of thioether (sulfide) groups is 1. The molecule has 0 unspecified atom stereocenters. The lowest BCUT2D eigenvalue weighted by molar-refractivity contribution is -0.187. The number of halogens is 1. The normalized spacial score (nSPS) is 32.4. The first-order chi connectivity index (χ1) is 35.0. The van der Waals surface area contributed by atoms with Crippen LogP contribution in [-0.2, 0) is 68.5 Å². The number of hydrogen-bond acceptors (Lipinski definition) is 16. The van der Waals surface area contributed by atoms with Gasteiger partial charge in [-0.05, 0) is 76.5 Å². The first-order valence-corrected chi connectivity index (χ1v) is 26.8. The van der Waals surface area contributed by atoms with Gasteiger partial charge in [-0.25, -0.2) is 4.79 Å². The van der Waals surface area contributed by atoms with Gasteiger partial charge >= 0.3 is 11.9 Å². The van der Waals surface area contributed by atoms with Gasteiger partial charge in [-0.3, -0.25) is 48.2 Å². The predicted octanol–water partition coefficient (Wildman–Crippen LogP) is 4.54. The maximum atomic E-state index is 14.4. The monoisotopic (exact) mass is 1070 g/mol. The van der Waals surface area contributed by atoms with Gasteiger partial charge in [-0.2, -0.15) is 0 Å². The fourth-order valence-electron chi connectivity index (χ4n) is 10.9. The lowest BCUT2D eigenvalue weighted by Crippen LogP contribution is -2.53. The molecule has 4 bridgehead atoms. The van der Waals surface area contributed by atoms with E-state index in [1.807, 2.05) is 13.0 Å². The molecule has 0 radical (unpaired) electrons. The van der Waals surface area contributed by atoms with Crippen LogP contribution in [0.4, 0.5) is 5.69 Å². The molecule has 0 aromatic heterocycles. The zero-order chi connectivity index (χ0) is 54.0. The van der Waals surface area contributed by atoms with Crippen LogP contribution in [0.2, 0.25) is 5.02 Å². The third-order valence-corrected chi connectivity index (χ3v) is 17.4. The number of aliphatic hydroxyl groups is 1. The van der Waals surface area contributed by atoms with Crippen molar-refractivity contribution in [3.63, 3.8) is 0 Å². The van der Waals surface area contributed by atoms with Crippen LogP contribution >= 0.6 is 23.4 Å². The quantitative estimate of drug-likeness (QED) is 0.153. The van der Waals surface area contributed by atoms with Crippen molar-refractivity contribution >= 4 is 82.2 Å². The summed E-state index contributed by atoms with van der Waals surface area (Å²) in [4.78, 5) is 124. The van der Waals surface area contributed by atoms with E-state index in [9.17, 15) is 48.3 Å². The number of Topliss-reactive ketones (excluding diaryl/α,β-unsaturated/α-hetero) is 1. The molecule has 5 aliphatic heterocycles. The van der Waals surface area contributed by atoms with Crippen LogP contribution in [-0.4, -0.2) is 167 Å².